The molecule has 2 fully saturated rings. The Balaban J connectivity index is 1.44. The van der Waals surface area contributed by atoms with E-state index in [0.717, 1.165) is 31.1 Å². The predicted octanol–water partition coefficient (Wildman–Crippen LogP) is 1.62. The van der Waals surface area contributed by atoms with E-state index in [1.54, 1.807) is 24.3 Å². The summed E-state index contributed by atoms with van der Waals surface area (Å²) in [6.45, 7) is 3.95. The number of carbonyl (C=O) groups excluding carboxylic acids is 3. The Morgan fingerprint density at radius 3 is 2.06 bits per heavy atom. The number of carbonyl (C=O) groups is 3. The molecule has 2 aliphatic rings. The van der Waals surface area contributed by atoms with Crippen LogP contribution in [0.1, 0.15) is 17.5 Å². The Hall–Kier alpha value is -3.23. The molecule has 2 saturated heterocycles. The van der Waals surface area contributed by atoms with Crippen LogP contribution in [0.3, 0.4) is 0 Å². The van der Waals surface area contributed by atoms with Gasteiger partial charge in [0.1, 0.15) is 0 Å². The zero-order valence-electron chi connectivity index (χ0n) is 18.2. The van der Waals surface area contributed by atoms with Crippen LogP contribution in [0.25, 0.3) is 0 Å². The summed E-state index contributed by atoms with van der Waals surface area (Å²) in [6.07, 6.45) is 0.218. The topological polar surface area (TPSA) is 82.2 Å². The third kappa shape index (κ3) is 4.37. The van der Waals surface area contributed by atoms with Crippen molar-refractivity contribution in [2.75, 3.05) is 46.5 Å². The van der Waals surface area contributed by atoms with Crippen LogP contribution in [0.4, 0.5) is 4.79 Å². The summed E-state index contributed by atoms with van der Waals surface area (Å²) in [7, 11) is 2.08. The van der Waals surface area contributed by atoms with Crippen molar-refractivity contribution in [3.05, 3.63) is 71.8 Å². The van der Waals surface area contributed by atoms with E-state index in [1.165, 1.54) is 0 Å². The summed E-state index contributed by atoms with van der Waals surface area (Å²) in [5.41, 5.74) is -0.0619. The molecule has 0 aromatic heterocycles. The Bertz CT molecular complexity index is 919. The average Bonchev–Trinajstić information content (AvgIpc) is 3.09. The van der Waals surface area contributed by atoms with Gasteiger partial charge in [-0.05, 0) is 18.2 Å². The molecular formula is C24H28N4O4. The highest BCUT2D eigenvalue weighted by Crippen LogP contribution is 2.35. The van der Waals surface area contributed by atoms with Gasteiger partial charge >= 0.3 is 12.0 Å². The SMILES string of the molecule is CN1CCN(CCC(=O)OCN2C(=O)NC(c3ccccc3)(c3ccccc3)C2=O)CC1. The molecule has 8 heteroatoms. The lowest BCUT2D eigenvalue weighted by molar-refractivity contribution is -0.150. The zero-order valence-corrected chi connectivity index (χ0v) is 18.2. The minimum Gasteiger partial charge on any atom is -0.444 e. The van der Waals surface area contributed by atoms with Gasteiger partial charge in [-0.3, -0.25) is 9.59 Å². The molecule has 0 radical (unpaired) electrons. The first-order valence-corrected chi connectivity index (χ1v) is 10.8. The molecule has 0 atom stereocenters. The molecule has 0 bridgehead atoms. The van der Waals surface area contributed by atoms with Crippen LogP contribution < -0.4 is 5.32 Å². The lowest BCUT2D eigenvalue weighted by atomic mass is 9.83. The number of imide groups is 1. The molecule has 0 unspecified atom stereocenters. The number of amides is 3. The number of rotatable bonds is 7. The fraction of sp³-hybridized carbons (Fsp3) is 0.375. The van der Waals surface area contributed by atoms with Crippen LogP contribution in [0.15, 0.2) is 60.7 Å². The van der Waals surface area contributed by atoms with E-state index in [2.05, 4.69) is 22.2 Å². The molecule has 2 heterocycles. The van der Waals surface area contributed by atoms with Crippen molar-refractivity contribution in [3.63, 3.8) is 0 Å². The summed E-state index contributed by atoms with van der Waals surface area (Å²) in [4.78, 5) is 44.0. The number of hydrogen-bond acceptors (Lipinski definition) is 6. The normalized spacial score (nSPS) is 19.1. The number of ether oxygens (including phenoxy) is 1. The molecule has 0 aliphatic carbocycles. The quantitative estimate of drug-likeness (QED) is 0.525. The number of nitrogens with zero attached hydrogens (tertiary/aromatic N) is 3. The molecule has 32 heavy (non-hydrogen) atoms. The lowest BCUT2D eigenvalue weighted by Crippen LogP contribution is -2.45. The summed E-state index contributed by atoms with van der Waals surface area (Å²) in [5.74, 6) is -0.895. The second kappa shape index (κ2) is 9.50. The van der Waals surface area contributed by atoms with Crippen molar-refractivity contribution in [2.24, 2.45) is 0 Å². The van der Waals surface area contributed by atoms with Crippen molar-refractivity contribution < 1.29 is 19.1 Å². The van der Waals surface area contributed by atoms with E-state index in [9.17, 15) is 14.4 Å². The minimum atomic E-state index is -1.36. The van der Waals surface area contributed by atoms with Gasteiger partial charge in [0, 0.05) is 32.7 Å². The van der Waals surface area contributed by atoms with Gasteiger partial charge in [0.25, 0.3) is 5.91 Å². The minimum absolute atomic E-state index is 0.218. The number of nitrogens with one attached hydrogen (secondary N) is 1. The van der Waals surface area contributed by atoms with Crippen molar-refractivity contribution in [3.8, 4) is 0 Å². The van der Waals surface area contributed by atoms with E-state index >= 15 is 0 Å². The van der Waals surface area contributed by atoms with Gasteiger partial charge in [-0.15, -0.1) is 0 Å². The van der Waals surface area contributed by atoms with Crippen molar-refractivity contribution in [2.45, 2.75) is 12.0 Å². The molecule has 8 nitrogen and oxygen atoms in total. The van der Waals surface area contributed by atoms with Gasteiger partial charge in [0.2, 0.25) is 0 Å². The summed E-state index contributed by atoms with van der Waals surface area (Å²) < 4.78 is 5.31. The highest BCUT2D eigenvalue weighted by Gasteiger charge is 2.54. The monoisotopic (exact) mass is 436 g/mol. The first-order chi connectivity index (χ1) is 15.5. The highest BCUT2D eigenvalue weighted by molar-refractivity contribution is 6.09. The smallest absolute Gasteiger partial charge is 0.328 e. The van der Waals surface area contributed by atoms with Gasteiger partial charge in [-0.25, -0.2) is 9.69 Å². The molecule has 2 aromatic rings. The average molecular weight is 437 g/mol. The molecular weight excluding hydrogens is 408 g/mol. The molecule has 3 amide bonds. The van der Waals surface area contributed by atoms with Crippen LogP contribution in [0.5, 0.6) is 0 Å². The summed E-state index contributed by atoms with van der Waals surface area (Å²) in [6, 6.07) is 17.6. The molecule has 2 aliphatic heterocycles. The Kier molecular flexibility index (Phi) is 6.53. The van der Waals surface area contributed by atoms with Gasteiger partial charge in [0.05, 0.1) is 6.42 Å². The van der Waals surface area contributed by atoms with Crippen molar-refractivity contribution in [1.29, 1.82) is 0 Å². The third-order valence-corrected chi connectivity index (χ3v) is 6.10. The number of esters is 1. The fourth-order valence-corrected chi connectivity index (χ4v) is 4.16. The third-order valence-electron chi connectivity index (χ3n) is 6.10. The highest BCUT2D eigenvalue weighted by atomic mass is 16.5. The lowest BCUT2D eigenvalue weighted by Gasteiger charge is -2.32. The fourth-order valence-electron chi connectivity index (χ4n) is 4.16. The summed E-state index contributed by atoms with van der Waals surface area (Å²) in [5, 5.41) is 2.84. The standard InChI is InChI=1S/C24H28N4O4/c1-26-14-16-27(17-15-26)13-12-21(29)32-18-28-22(30)24(25-23(28)31,19-8-4-2-5-9-19)20-10-6-3-7-11-20/h2-11H,12-18H2,1H3,(H,25,31). The maximum absolute atomic E-state index is 13.5. The zero-order chi connectivity index (χ0) is 22.6. The Labute approximate surface area is 187 Å². The van der Waals surface area contributed by atoms with Crippen LogP contribution in [0.2, 0.25) is 0 Å². The van der Waals surface area contributed by atoms with Gasteiger partial charge in [0.15, 0.2) is 12.3 Å². The van der Waals surface area contributed by atoms with Crippen LogP contribution in [-0.2, 0) is 19.9 Å². The summed E-state index contributed by atoms with van der Waals surface area (Å²) >= 11 is 0. The van der Waals surface area contributed by atoms with E-state index in [1.807, 2.05) is 36.4 Å². The molecule has 1 N–H and O–H groups in total. The van der Waals surface area contributed by atoms with E-state index in [0.29, 0.717) is 17.7 Å². The van der Waals surface area contributed by atoms with E-state index in [-0.39, 0.29) is 6.42 Å². The Morgan fingerprint density at radius 1 is 0.938 bits per heavy atom. The molecule has 0 spiro atoms. The maximum Gasteiger partial charge on any atom is 0.328 e. The first kappa shape index (κ1) is 22.0. The largest absolute Gasteiger partial charge is 0.444 e. The van der Waals surface area contributed by atoms with Crippen LogP contribution in [-0.4, -0.2) is 79.1 Å². The first-order valence-electron chi connectivity index (χ1n) is 10.8. The number of benzene rings is 2. The number of urea groups is 1. The second-order valence-electron chi connectivity index (χ2n) is 8.19. The van der Waals surface area contributed by atoms with Gasteiger partial charge < -0.3 is 19.9 Å². The Morgan fingerprint density at radius 2 is 1.50 bits per heavy atom. The van der Waals surface area contributed by atoms with E-state index < -0.39 is 30.2 Å². The van der Waals surface area contributed by atoms with E-state index in [4.69, 9.17) is 4.74 Å². The van der Waals surface area contributed by atoms with Crippen LogP contribution in [0, 0.1) is 0 Å². The van der Waals surface area contributed by atoms with Gasteiger partial charge in [-0.2, -0.15) is 0 Å². The predicted molar refractivity (Wildman–Crippen MR) is 119 cm³/mol. The number of likely N-dealkylation sites (N-methyl/N-ethyl adjacent to an activating group) is 1. The molecule has 0 saturated carbocycles. The van der Waals surface area contributed by atoms with Crippen molar-refractivity contribution >= 4 is 17.9 Å². The molecule has 2 aromatic carbocycles. The molecule has 168 valence electrons. The number of piperazine rings is 1. The van der Waals surface area contributed by atoms with Crippen molar-refractivity contribution in [1.82, 2.24) is 20.0 Å². The van der Waals surface area contributed by atoms with Crippen LogP contribution >= 0.6 is 0 Å². The second-order valence-corrected chi connectivity index (χ2v) is 8.19. The van der Waals surface area contributed by atoms with Gasteiger partial charge in [-0.1, -0.05) is 60.7 Å². The maximum atomic E-state index is 13.5. The molecule has 4 rings (SSSR count). The number of hydrogen-bond donors (Lipinski definition) is 1.